The molecule has 1 aromatic carbocycles. The molecule has 1 aromatic heterocycles. The Bertz CT molecular complexity index is 1030. The number of nitrogens with one attached hydrogen (secondary N) is 1. The number of nitrogens with zero attached hydrogens (tertiary/aromatic N) is 4. The van der Waals surface area contributed by atoms with Crippen LogP contribution in [0.3, 0.4) is 0 Å². The van der Waals surface area contributed by atoms with E-state index in [1.807, 2.05) is 6.92 Å². The number of carbonyl (C=O) groups is 1. The van der Waals surface area contributed by atoms with E-state index in [9.17, 15) is 13.6 Å². The highest BCUT2D eigenvalue weighted by Crippen LogP contribution is 2.30. The maximum atomic E-state index is 14.0. The molecule has 0 radical (unpaired) electrons. The fourth-order valence-corrected chi connectivity index (χ4v) is 4.37. The molecule has 8 nitrogen and oxygen atoms in total. The highest BCUT2D eigenvalue weighted by atomic mass is 19.1. The summed E-state index contributed by atoms with van der Waals surface area (Å²) >= 11 is 0. The van der Waals surface area contributed by atoms with Gasteiger partial charge in [-0.05, 0) is 19.1 Å². The van der Waals surface area contributed by atoms with Gasteiger partial charge < -0.3 is 24.6 Å². The van der Waals surface area contributed by atoms with Crippen molar-refractivity contribution in [2.75, 3.05) is 43.6 Å². The second-order valence-corrected chi connectivity index (χ2v) is 8.86. The number of anilines is 2. The first-order chi connectivity index (χ1) is 16.3. The molecule has 10 heteroatoms. The van der Waals surface area contributed by atoms with Crippen LogP contribution in [0.1, 0.15) is 38.1 Å². The van der Waals surface area contributed by atoms with Crippen LogP contribution in [0.2, 0.25) is 0 Å². The van der Waals surface area contributed by atoms with Crippen LogP contribution in [0.25, 0.3) is 0 Å². The predicted octanol–water partition coefficient (Wildman–Crippen LogP) is 3.15. The van der Waals surface area contributed by atoms with Crippen molar-refractivity contribution >= 4 is 17.5 Å². The second kappa shape index (κ2) is 10.5. The van der Waals surface area contributed by atoms with Gasteiger partial charge in [-0.25, -0.2) is 18.7 Å². The van der Waals surface area contributed by atoms with Crippen LogP contribution >= 0.6 is 0 Å². The SMILES string of the molecule is COC[C@H](C)Nc1nc2c(nc1N1CCC(Oc3ccc(F)cc3F)CC1)CCN(C(C)=O)C2. The van der Waals surface area contributed by atoms with Gasteiger partial charge in [0.15, 0.2) is 23.2 Å². The molecule has 1 saturated heterocycles. The van der Waals surface area contributed by atoms with Crippen molar-refractivity contribution in [3.8, 4) is 5.75 Å². The number of piperidine rings is 1. The maximum absolute atomic E-state index is 14.0. The number of hydrogen-bond acceptors (Lipinski definition) is 7. The number of methoxy groups -OCH3 is 1. The Morgan fingerprint density at radius 2 is 1.97 bits per heavy atom. The highest BCUT2D eigenvalue weighted by Gasteiger charge is 2.28. The summed E-state index contributed by atoms with van der Waals surface area (Å²) in [6.07, 6.45) is 1.82. The Kier molecular flexibility index (Phi) is 7.45. The number of benzene rings is 1. The number of hydrogen-bond donors (Lipinski definition) is 1. The topological polar surface area (TPSA) is 79.8 Å². The zero-order valence-corrected chi connectivity index (χ0v) is 19.8. The van der Waals surface area contributed by atoms with E-state index in [1.165, 1.54) is 12.1 Å². The van der Waals surface area contributed by atoms with Crippen molar-refractivity contribution in [2.45, 2.75) is 51.8 Å². The predicted molar refractivity (Wildman–Crippen MR) is 124 cm³/mol. The van der Waals surface area contributed by atoms with Gasteiger partial charge in [0.05, 0.1) is 24.5 Å². The van der Waals surface area contributed by atoms with Crippen molar-refractivity contribution in [1.82, 2.24) is 14.9 Å². The molecule has 2 aliphatic rings. The molecule has 1 atom stereocenters. The van der Waals surface area contributed by atoms with Gasteiger partial charge in [-0.3, -0.25) is 4.79 Å². The van der Waals surface area contributed by atoms with E-state index in [0.717, 1.165) is 23.3 Å². The van der Waals surface area contributed by atoms with E-state index >= 15 is 0 Å². The minimum absolute atomic E-state index is 0.0194. The minimum Gasteiger partial charge on any atom is -0.487 e. The number of aromatic nitrogens is 2. The smallest absolute Gasteiger partial charge is 0.219 e. The van der Waals surface area contributed by atoms with Crippen LogP contribution in [-0.2, 0) is 22.5 Å². The largest absolute Gasteiger partial charge is 0.487 e. The lowest BCUT2D eigenvalue weighted by Crippen LogP contribution is -2.41. The van der Waals surface area contributed by atoms with Gasteiger partial charge in [-0.15, -0.1) is 0 Å². The van der Waals surface area contributed by atoms with Crippen LogP contribution < -0.4 is 15.0 Å². The van der Waals surface area contributed by atoms with Crippen LogP contribution in [0.4, 0.5) is 20.4 Å². The maximum Gasteiger partial charge on any atom is 0.219 e. The van der Waals surface area contributed by atoms with E-state index in [-0.39, 0.29) is 23.8 Å². The molecule has 0 unspecified atom stereocenters. The molecule has 1 amide bonds. The first-order valence-electron chi connectivity index (χ1n) is 11.6. The molecule has 1 fully saturated rings. The second-order valence-electron chi connectivity index (χ2n) is 8.86. The third kappa shape index (κ3) is 5.55. The summed E-state index contributed by atoms with van der Waals surface area (Å²) in [6.45, 7) is 6.48. The van der Waals surface area contributed by atoms with Gasteiger partial charge in [0.25, 0.3) is 0 Å². The van der Waals surface area contributed by atoms with Crippen LogP contribution in [0.15, 0.2) is 18.2 Å². The summed E-state index contributed by atoms with van der Waals surface area (Å²) in [7, 11) is 1.65. The van der Waals surface area contributed by atoms with Gasteiger partial charge in [-0.1, -0.05) is 0 Å². The quantitative estimate of drug-likeness (QED) is 0.659. The molecule has 4 rings (SSSR count). The van der Waals surface area contributed by atoms with Crippen molar-refractivity contribution in [3.05, 3.63) is 41.2 Å². The fourth-order valence-electron chi connectivity index (χ4n) is 4.37. The monoisotopic (exact) mass is 475 g/mol. The van der Waals surface area contributed by atoms with Crippen molar-refractivity contribution in [2.24, 2.45) is 0 Å². The van der Waals surface area contributed by atoms with Gasteiger partial charge in [0, 0.05) is 65.0 Å². The number of halogens is 2. The highest BCUT2D eigenvalue weighted by molar-refractivity contribution is 5.73. The lowest BCUT2D eigenvalue weighted by molar-refractivity contribution is -0.129. The molecule has 2 aliphatic heterocycles. The summed E-state index contributed by atoms with van der Waals surface area (Å²) in [4.78, 5) is 25.6. The number of amides is 1. The van der Waals surface area contributed by atoms with Gasteiger partial charge in [-0.2, -0.15) is 0 Å². The molecule has 0 bridgehead atoms. The summed E-state index contributed by atoms with van der Waals surface area (Å²) in [5.41, 5.74) is 1.71. The summed E-state index contributed by atoms with van der Waals surface area (Å²) in [5, 5.41) is 3.41. The Balaban J connectivity index is 1.50. The molecular formula is C24H31F2N5O3. The molecule has 1 N–H and O–H groups in total. The molecule has 3 heterocycles. The van der Waals surface area contributed by atoms with E-state index < -0.39 is 11.6 Å². The Hall–Kier alpha value is -3.01. The third-order valence-corrected chi connectivity index (χ3v) is 6.17. The average Bonchev–Trinajstić information content (AvgIpc) is 2.81. The number of carbonyl (C=O) groups excluding carboxylic acids is 1. The van der Waals surface area contributed by atoms with Crippen molar-refractivity contribution < 1.29 is 23.0 Å². The first-order valence-corrected chi connectivity index (χ1v) is 11.6. The average molecular weight is 476 g/mol. The Morgan fingerprint density at radius 3 is 2.65 bits per heavy atom. The van der Waals surface area contributed by atoms with Crippen molar-refractivity contribution in [3.63, 3.8) is 0 Å². The van der Waals surface area contributed by atoms with Crippen LogP contribution in [0, 0.1) is 11.6 Å². The molecule has 34 heavy (non-hydrogen) atoms. The molecule has 2 aromatic rings. The lowest BCUT2D eigenvalue weighted by Gasteiger charge is -2.35. The molecule has 0 aliphatic carbocycles. The summed E-state index contributed by atoms with van der Waals surface area (Å²) < 4.78 is 38.2. The van der Waals surface area contributed by atoms with Gasteiger partial charge >= 0.3 is 0 Å². The number of fused-ring (bicyclic) bond motifs is 1. The number of ether oxygens (including phenoxy) is 2. The van der Waals surface area contributed by atoms with Crippen LogP contribution in [0.5, 0.6) is 5.75 Å². The summed E-state index contributed by atoms with van der Waals surface area (Å²) in [5.74, 6) is 0.209. The van der Waals surface area contributed by atoms with E-state index in [0.29, 0.717) is 57.9 Å². The summed E-state index contributed by atoms with van der Waals surface area (Å²) in [6, 6.07) is 3.38. The number of rotatable bonds is 7. The van der Waals surface area contributed by atoms with Crippen LogP contribution in [-0.4, -0.2) is 66.3 Å². The van der Waals surface area contributed by atoms with E-state index in [1.54, 1.807) is 18.9 Å². The fraction of sp³-hybridized carbons (Fsp3) is 0.542. The first kappa shape index (κ1) is 24.1. The van der Waals surface area contributed by atoms with E-state index in [2.05, 4.69) is 10.2 Å². The molecular weight excluding hydrogens is 444 g/mol. The van der Waals surface area contributed by atoms with Gasteiger partial charge in [0.1, 0.15) is 11.9 Å². The molecule has 0 spiro atoms. The molecule has 0 saturated carbocycles. The minimum atomic E-state index is -0.693. The normalized spacial score (nSPS) is 17.3. The zero-order valence-electron chi connectivity index (χ0n) is 19.8. The van der Waals surface area contributed by atoms with E-state index in [4.69, 9.17) is 19.4 Å². The Morgan fingerprint density at radius 1 is 1.21 bits per heavy atom. The lowest BCUT2D eigenvalue weighted by atomic mass is 10.1. The third-order valence-electron chi connectivity index (χ3n) is 6.17. The van der Waals surface area contributed by atoms with Crippen molar-refractivity contribution in [1.29, 1.82) is 0 Å². The molecule has 184 valence electrons. The standard InChI is InChI=1S/C24H31F2N5O3/c1-15(14-33-3)27-23-24(29-20-8-11-31(16(2)32)13-21(20)28-23)30-9-6-18(7-10-30)34-22-5-4-17(25)12-19(22)26/h4-5,12,15,18H,6-11,13-14H2,1-3H3,(H,27,28)/t15-/m0/s1. The Labute approximate surface area is 198 Å². The zero-order chi connectivity index (χ0) is 24.2. The van der Waals surface area contributed by atoms with Gasteiger partial charge in [0.2, 0.25) is 5.91 Å².